The number of rotatable bonds is 4. The molecule has 0 aliphatic rings. The molecular weight excluding hydrogens is 357 g/mol. The molecule has 0 fully saturated rings. The van der Waals surface area contributed by atoms with E-state index in [9.17, 15) is 18.0 Å². The third-order valence-corrected chi connectivity index (χ3v) is 4.03. The van der Waals surface area contributed by atoms with Crippen molar-refractivity contribution in [2.45, 2.75) is 6.18 Å². The van der Waals surface area contributed by atoms with Crippen LogP contribution in [-0.4, -0.2) is 27.8 Å². The highest BCUT2D eigenvalue weighted by Crippen LogP contribution is 2.31. The fraction of sp³-hybridized carbons (Fsp3) is 0.133. The van der Waals surface area contributed by atoms with E-state index in [-0.39, 0.29) is 17.3 Å². The normalized spacial score (nSPS) is 11.5. The number of alkyl halides is 3. The van der Waals surface area contributed by atoms with Gasteiger partial charge in [0.25, 0.3) is 0 Å². The van der Waals surface area contributed by atoms with E-state index in [1.54, 1.807) is 17.5 Å². The van der Waals surface area contributed by atoms with Gasteiger partial charge in [-0.2, -0.15) is 13.2 Å². The quantitative estimate of drug-likeness (QED) is 0.718. The van der Waals surface area contributed by atoms with Gasteiger partial charge in [-0.15, -0.1) is 16.4 Å². The van der Waals surface area contributed by atoms with Crippen molar-refractivity contribution in [1.82, 2.24) is 20.2 Å². The van der Waals surface area contributed by atoms with E-state index >= 15 is 0 Å². The maximum atomic E-state index is 13.0. The van der Waals surface area contributed by atoms with E-state index in [0.717, 1.165) is 12.1 Å². The Balaban J connectivity index is 2.13. The van der Waals surface area contributed by atoms with Crippen LogP contribution in [0.15, 0.2) is 41.8 Å². The Morgan fingerprint density at radius 2 is 2.08 bits per heavy atom. The van der Waals surface area contributed by atoms with Crippen LogP contribution in [0.3, 0.4) is 0 Å². The number of amides is 1. The lowest BCUT2D eigenvalue weighted by Crippen LogP contribution is -2.23. The van der Waals surface area contributed by atoms with Crippen molar-refractivity contribution < 1.29 is 22.8 Å². The van der Waals surface area contributed by atoms with Crippen LogP contribution < -0.4 is 5.48 Å². The predicted molar refractivity (Wildman–Crippen MR) is 84.1 cm³/mol. The van der Waals surface area contributed by atoms with Crippen molar-refractivity contribution in [3.8, 4) is 16.4 Å². The molecule has 0 saturated heterocycles. The summed E-state index contributed by atoms with van der Waals surface area (Å²) in [4.78, 5) is 21.2. The van der Waals surface area contributed by atoms with Crippen LogP contribution >= 0.6 is 11.3 Å². The van der Waals surface area contributed by atoms with Crippen LogP contribution in [0.25, 0.3) is 16.4 Å². The van der Waals surface area contributed by atoms with Crippen molar-refractivity contribution in [1.29, 1.82) is 0 Å². The van der Waals surface area contributed by atoms with Crippen molar-refractivity contribution in [3.63, 3.8) is 0 Å². The highest BCUT2D eigenvalue weighted by molar-refractivity contribution is 7.13. The number of nitrogens with one attached hydrogen (secondary N) is 1. The molecule has 6 nitrogen and oxygen atoms in total. The number of carbonyl (C=O) groups is 1. The number of aromatic nitrogens is 3. The first-order valence-electron chi connectivity index (χ1n) is 6.92. The van der Waals surface area contributed by atoms with Gasteiger partial charge >= 0.3 is 12.1 Å². The zero-order chi connectivity index (χ0) is 18.0. The van der Waals surface area contributed by atoms with Crippen LogP contribution in [0, 0.1) is 0 Å². The molecule has 2 aromatic heterocycles. The van der Waals surface area contributed by atoms with E-state index < -0.39 is 17.6 Å². The van der Waals surface area contributed by atoms with Crippen LogP contribution in [0.2, 0.25) is 0 Å². The Morgan fingerprint density at radius 1 is 1.28 bits per heavy atom. The molecule has 1 amide bonds. The highest BCUT2D eigenvalue weighted by atomic mass is 32.1. The van der Waals surface area contributed by atoms with E-state index in [1.165, 1.54) is 35.3 Å². The van der Waals surface area contributed by atoms with Crippen LogP contribution in [0.1, 0.15) is 16.2 Å². The molecule has 0 atom stereocenters. The SMILES string of the molecule is CONC(=O)c1nc(-c2cccs2)n(-c2cccc(C(F)(F)F)c2)n1. The van der Waals surface area contributed by atoms with Crippen molar-refractivity contribution in [2.24, 2.45) is 0 Å². The first-order valence-corrected chi connectivity index (χ1v) is 7.80. The molecule has 25 heavy (non-hydrogen) atoms. The Kier molecular flexibility index (Phi) is 4.55. The maximum absolute atomic E-state index is 13.0. The van der Waals surface area contributed by atoms with Gasteiger partial charge in [0.15, 0.2) is 5.82 Å². The first-order chi connectivity index (χ1) is 11.9. The zero-order valence-electron chi connectivity index (χ0n) is 12.7. The van der Waals surface area contributed by atoms with Crippen LogP contribution in [0.5, 0.6) is 0 Å². The number of hydrogen-bond acceptors (Lipinski definition) is 5. The lowest BCUT2D eigenvalue weighted by molar-refractivity contribution is -0.137. The topological polar surface area (TPSA) is 69.0 Å². The Hall–Kier alpha value is -2.72. The maximum Gasteiger partial charge on any atom is 0.416 e. The summed E-state index contributed by atoms with van der Waals surface area (Å²) in [5.41, 5.74) is 1.40. The second-order valence-electron chi connectivity index (χ2n) is 4.83. The number of hydrogen-bond donors (Lipinski definition) is 1. The van der Waals surface area contributed by atoms with Crippen molar-refractivity contribution in [3.05, 3.63) is 53.2 Å². The molecule has 0 saturated carbocycles. The third kappa shape index (κ3) is 3.54. The molecule has 130 valence electrons. The summed E-state index contributed by atoms with van der Waals surface area (Å²) in [5.74, 6) is -0.663. The molecular formula is C15H11F3N4O2S. The van der Waals surface area contributed by atoms with Gasteiger partial charge in [0.05, 0.1) is 23.2 Å². The Morgan fingerprint density at radius 3 is 2.72 bits per heavy atom. The van der Waals surface area contributed by atoms with Gasteiger partial charge in [-0.25, -0.2) is 15.1 Å². The van der Waals surface area contributed by atoms with Crippen LogP contribution in [-0.2, 0) is 11.0 Å². The minimum Gasteiger partial charge on any atom is -0.277 e. The molecule has 10 heteroatoms. The molecule has 0 unspecified atom stereocenters. The predicted octanol–water partition coefficient (Wildman–Crippen LogP) is 3.31. The fourth-order valence-corrected chi connectivity index (χ4v) is 2.80. The lowest BCUT2D eigenvalue weighted by Gasteiger charge is -2.09. The van der Waals surface area contributed by atoms with E-state index in [2.05, 4.69) is 20.4 Å². The lowest BCUT2D eigenvalue weighted by atomic mass is 10.2. The number of carbonyl (C=O) groups excluding carboxylic acids is 1. The van der Waals surface area contributed by atoms with Crippen molar-refractivity contribution in [2.75, 3.05) is 7.11 Å². The number of halogens is 3. The Bertz CT molecular complexity index is 891. The molecule has 1 aromatic carbocycles. The number of benzene rings is 1. The zero-order valence-corrected chi connectivity index (χ0v) is 13.6. The average Bonchev–Trinajstić information content (AvgIpc) is 3.24. The van der Waals surface area contributed by atoms with Crippen molar-refractivity contribution >= 4 is 17.2 Å². The summed E-state index contributed by atoms with van der Waals surface area (Å²) in [7, 11) is 1.25. The standard InChI is InChI=1S/C15H11F3N4O2S/c1-24-21-14(23)12-19-13(11-6-3-7-25-11)22(20-12)10-5-2-4-9(8-10)15(16,17)18/h2-8H,1H3,(H,21,23). The van der Waals surface area contributed by atoms with Gasteiger partial charge in [0, 0.05) is 0 Å². The van der Waals surface area contributed by atoms with Gasteiger partial charge in [-0.05, 0) is 29.6 Å². The largest absolute Gasteiger partial charge is 0.416 e. The number of thiophene rings is 1. The van der Waals surface area contributed by atoms with Gasteiger partial charge in [0.1, 0.15) is 0 Å². The van der Waals surface area contributed by atoms with Gasteiger partial charge in [-0.1, -0.05) is 12.1 Å². The van der Waals surface area contributed by atoms with Gasteiger partial charge in [-0.3, -0.25) is 9.63 Å². The number of nitrogens with zero attached hydrogens (tertiary/aromatic N) is 3. The van der Waals surface area contributed by atoms with Gasteiger partial charge in [0.2, 0.25) is 5.82 Å². The minimum absolute atomic E-state index is 0.141. The van der Waals surface area contributed by atoms with E-state index in [1.807, 2.05) is 0 Å². The molecule has 1 N–H and O–H groups in total. The monoisotopic (exact) mass is 368 g/mol. The van der Waals surface area contributed by atoms with E-state index in [0.29, 0.717) is 4.88 Å². The highest BCUT2D eigenvalue weighted by Gasteiger charge is 2.31. The number of hydroxylamine groups is 1. The molecule has 0 radical (unpaired) electrons. The molecule has 0 aliphatic carbocycles. The van der Waals surface area contributed by atoms with Crippen LogP contribution in [0.4, 0.5) is 13.2 Å². The molecule has 2 heterocycles. The molecule has 0 spiro atoms. The molecule has 3 rings (SSSR count). The Labute approximate surface area is 143 Å². The summed E-state index contributed by atoms with van der Waals surface area (Å²) in [6, 6.07) is 8.14. The first kappa shape index (κ1) is 17.1. The smallest absolute Gasteiger partial charge is 0.277 e. The molecule has 0 aliphatic heterocycles. The summed E-state index contributed by atoms with van der Waals surface area (Å²) in [6.45, 7) is 0. The second kappa shape index (κ2) is 6.65. The summed E-state index contributed by atoms with van der Waals surface area (Å²) in [6.07, 6.45) is -4.49. The summed E-state index contributed by atoms with van der Waals surface area (Å²) >= 11 is 1.32. The second-order valence-corrected chi connectivity index (χ2v) is 5.78. The molecule has 3 aromatic rings. The minimum atomic E-state index is -4.49. The fourth-order valence-electron chi connectivity index (χ4n) is 2.11. The summed E-state index contributed by atoms with van der Waals surface area (Å²) in [5, 5.41) is 5.82. The van der Waals surface area contributed by atoms with Gasteiger partial charge < -0.3 is 0 Å². The molecule has 0 bridgehead atoms. The average molecular weight is 368 g/mol. The summed E-state index contributed by atoms with van der Waals surface area (Å²) < 4.78 is 40.1. The third-order valence-electron chi connectivity index (χ3n) is 3.16. The van der Waals surface area contributed by atoms with E-state index in [4.69, 9.17) is 0 Å².